The van der Waals surface area contributed by atoms with Gasteiger partial charge in [-0.3, -0.25) is 20.3 Å². The average Bonchev–Trinajstić information content (AvgIpc) is 3.39. The molecule has 4 fully saturated rings. The van der Waals surface area contributed by atoms with Crippen molar-refractivity contribution in [1.82, 2.24) is 25.3 Å². The number of carbonyl (C=O) groups excluding carboxylic acids is 1. The molecule has 6 unspecified atom stereocenters. The lowest BCUT2D eigenvalue weighted by atomic mass is 9.72. The maximum atomic E-state index is 13.9. The molecule has 1 aromatic carbocycles. The van der Waals surface area contributed by atoms with Gasteiger partial charge in [-0.15, -0.1) is 11.8 Å². The lowest BCUT2D eigenvalue weighted by Crippen LogP contribution is -2.73. The van der Waals surface area contributed by atoms with E-state index in [1.807, 2.05) is 22.7 Å². The molecular formula is C31H43FN6O2S. The van der Waals surface area contributed by atoms with Crippen LogP contribution in [0, 0.1) is 23.1 Å². The van der Waals surface area contributed by atoms with Crippen LogP contribution in [0.25, 0.3) is 0 Å². The Balaban J connectivity index is 1.20. The number of ether oxygens (including phenoxy) is 1. The van der Waals surface area contributed by atoms with Gasteiger partial charge in [-0.25, -0.2) is 4.39 Å². The lowest BCUT2D eigenvalue weighted by Gasteiger charge is -2.56. The minimum Gasteiger partial charge on any atom is -0.348 e. The third-order valence-corrected chi connectivity index (χ3v) is 11.8. The number of fused-ring (bicyclic) bond motifs is 2. The molecule has 4 aliphatic heterocycles. The summed E-state index contributed by atoms with van der Waals surface area (Å²) in [4.78, 5) is 19.2. The van der Waals surface area contributed by atoms with Gasteiger partial charge in [0.1, 0.15) is 5.82 Å². The Hall–Kier alpha value is -2.00. The van der Waals surface area contributed by atoms with E-state index in [2.05, 4.69) is 40.1 Å². The number of hydrogen-bond donors (Lipinski definition) is 2. The summed E-state index contributed by atoms with van der Waals surface area (Å²) < 4.78 is 20.6. The molecule has 7 atom stereocenters. The topological polar surface area (TPSA) is 83.9 Å². The van der Waals surface area contributed by atoms with Crippen molar-refractivity contribution in [1.29, 1.82) is 5.26 Å². The van der Waals surface area contributed by atoms with Gasteiger partial charge in [-0.1, -0.05) is 12.6 Å². The van der Waals surface area contributed by atoms with Crippen molar-refractivity contribution < 1.29 is 13.9 Å². The fourth-order valence-electron chi connectivity index (χ4n) is 7.88. The second-order valence-electron chi connectivity index (χ2n) is 12.6. The van der Waals surface area contributed by atoms with Gasteiger partial charge in [0.05, 0.1) is 31.3 Å². The molecule has 222 valence electrons. The number of amides is 1. The second kappa shape index (κ2) is 12.3. The molecule has 1 amide bonds. The number of benzene rings is 1. The van der Waals surface area contributed by atoms with E-state index in [-0.39, 0.29) is 41.1 Å². The number of carbonyl (C=O) groups is 1. The van der Waals surface area contributed by atoms with Crippen molar-refractivity contribution in [2.45, 2.75) is 86.1 Å². The first-order valence-corrected chi connectivity index (χ1v) is 16.2. The average molecular weight is 583 g/mol. The first-order chi connectivity index (χ1) is 19.9. The summed E-state index contributed by atoms with van der Waals surface area (Å²) in [6.07, 6.45) is 8.08. The molecule has 5 aliphatic rings. The number of rotatable bonds is 6. The smallest absolute Gasteiger partial charge is 0.246 e. The van der Waals surface area contributed by atoms with Gasteiger partial charge in [0, 0.05) is 48.1 Å². The molecule has 1 spiro atoms. The lowest BCUT2D eigenvalue weighted by molar-refractivity contribution is -0.135. The van der Waals surface area contributed by atoms with E-state index in [0.717, 1.165) is 56.5 Å². The number of piperazine rings is 1. The van der Waals surface area contributed by atoms with Crippen LogP contribution in [0.1, 0.15) is 49.7 Å². The van der Waals surface area contributed by atoms with Crippen LogP contribution >= 0.6 is 11.8 Å². The van der Waals surface area contributed by atoms with Gasteiger partial charge in [-0.05, 0) is 81.5 Å². The Morgan fingerprint density at radius 1 is 1.27 bits per heavy atom. The van der Waals surface area contributed by atoms with E-state index in [0.29, 0.717) is 38.1 Å². The normalized spacial score (nSPS) is 36.0. The zero-order valence-corrected chi connectivity index (χ0v) is 24.9. The zero-order chi connectivity index (χ0) is 28.6. The maximum absolute atomic E-state index is 13.9. The summed E-state index contributed by atoms with van der Waals surface area (Å²) in [6.45, 7) is 7.47. The molecule has 2 N–H and O–H groups in total. The molecule has 8 nitrogen and oxygen atoms in total. The Morgan fingerprint density at radius 3 is 2.93 bits per heavy atom. The number of hydrogen-bond acceptors (Lipinski definition) is 8. The monoisotopic (exact) mass is 582 g/mol. The highest BCUT2D eigenvalue weighted by atomic mass is 32.2. The molecular weight excluding hydrogens is 539 g/mol. The van der Waals surface area contributed by atoms with Crippen LogP contribution in [0.4, 0.5) is 4.39 Å². The molecule has 41 heavy (non-hydrogen) atoms. The molecule has 1 saturated carbocycles. The number of thioether (sulfide) groups is 1. The first-order valence-electron chi connectivity index (χ1n) is 15.2. The van der Waals surface area contributed by atoms with Crippen molar-refractivity contribution in [3.63, 3.8) is 0 Å². The van der Waals surface area contributed by atoms with Crippen LogP contribution in [-0.2, 0) is 21.7 Å². The second-order valence-corrected chi connectivity index (χ2v) is 14.0. The molecule has 0 bridgehead atoms. The van der Waals surface area contributed by atoms with Gasteiger partial charge in [-0.2, -0.15) is 5.26 Å². The van der Waals surface area contributed by atoms with Crippen LogP contribution < -0.4 is 10.6 Å². The number of likely N-dealkylation sites (tertiary alicyclic amines) is 1. The van der Waals surface area contributed by atoms with E-state index in [1.54, 1.807) is 12.1 Å². The highest BCUT2D eigenvalue weighted by Gasteiger charge is 2.50. The summed E-state index contributed by atoms with van der Waals surface area (Å²) in [7, 11) is 2.18. The van der Waals surface area contributed by atoms with E-state index in [4.69, 9.17) is 4.74 Å². The van der Waals surface area contributed by atoms with Crippen LogP contribution in [0.15, 0.2) is 30.9 Å². The number of nitrogens with one attached hydrogen (secondary N) is 2. The van der Waals surface area contributed by atoms with Gasteiger partial charge in [0.2, 0.25) is 5.91 Å². The molecule has 10 heteroatoms. The molecule has 4 heterocycles. The molecule has 6 rings (SSSR count). The third-order valence-electron chi connectivity index (χ3n) is 10.2. The third kappa shape index (κ3) is 6.08. The van der Waals surface area contributed by atoms with Gasteiger partial charge < -0.3 is 14.5 Å². The maximum Gasteiger partial charge on any atom is 0.246 e. The number of likely N-dealkylation sites (N-methyl/N-ethyl adjacent to an activating group) is 1. The van der Waals surface area contributed by atoms with Crippen LogP contribution in [0.2, 0.25) is 0 Å². The SMILES string of the molecule is C=CC(=O)N1CCN(C2NC(OCC3CCCN3C)NC3C[C@]4(CCC32)Cc2ccc(F)cc2CS4)CC1CC#N. The fraction of sp³-hybridized carbons (Fsp3) is 0.677. The molecule has 0 radical (unpaired) electrons. The number of nitriles is 1. The molecule has 1 aromatic rings. The van der Waals surface area contributed by atoms with Gasteiger partial charge >= 0.3 is 0 Å². The summed E-state index contributed by atoms with van der Waals surface area (Å²) in [5.41, 5.74) is 2.42. The summed E-state index contributed by atoms with van der Waals surface area (Å²) >= 11 is 2.00. The number of halogens is 1. The first kappa shape index (κ1) is 29.1. The van der Waals surface area contributed by atoms with Gasteiger partial charge in [0.25, 0.3) is 0 Å². The Bertz CT molecular complexity index is 1180. The van der Waals surface area contributed by atoms with Crippen LogP contribution in [-0.4, -0.2) is 95.8 Å². The summed E-state index contributed by atoms with van der Waals surface area (Å²) in [5, 5.41) is 17.2. The molecule has 1 aliphatic carbocycles. The van der Waals surface area contributed by atoms with Crippen molar-refractivity contribution in [3.05, 3.63) is 47.8 Å². The standard InChI is InChI=1S/C31H43FN6O2S/c1-3-28(39)38-14-13-37(18-24(38)9-11-33)29-26-8-10-31(16-21-6-7-23(32)15-22(21)20-41-31)17-27(26)34-30(35-29)40-19-25-5-4-12-36(25)2/h3,6-7,15,24-27,29-30,34-35H,1,4-5,8-10,12-14,16-20H2,2H3/t24?,25?,26?,27?,29?,30?,31-/m0/s1. The van der Waals surface area contributed by atoms with E-state index in [9.17, 15) is 14.4 Å². The highest BCUT2D eigenvalue weighted by molar-refractivity contribution is 8.00. The van der Waals surface area contributed by atoms with E-state index >= 15 is 0 Å². The Morgan fingerprint density at radius 2 is 2.15 bits per heavy atom. The summed E-state index contributed by atoms with van der Waals surface area (Å²) in [6, 6.07) is 8.15. The Labute approximate surface area is 247 Å². The minimum absolute atomic E-state index is 0.0991. The molecule has 3 saturated heterocycles. The predicted molar refractivity (Wildman–Crippen MR) is 158 cm³/mol. The summed E-state index contributed by atoms with van der Waals surface area (Å²) in [5.74, 6) is 0.991. The fourth-order valence-corrected chi connectivity index (χ4v) is 9.43. The van der Waals surface area contributed by atoms with E-state index < -0.39 is 0 Å². The quantitative estimate of drug-likeness (QED) is 0.496. The van der Waals surface area contributed by atoms with Gasteiger partial charge in [0.15, 0.2) is 6.35 Å². The van der Waals surface area contributed by atoms with Crippen molar-refractivity contribution >= 4 is 17.7 Å². The minimum atomic E-state index is -0.261. The Kier molecular flexibility index (Phi) is 8.74. The van der Waals surface area contributed by atoms with Crippen molar-refractivity contribution in [3.8, 4) is 6.07 Å². The van der Waals surface area contributed by atoms with E-state index in [1.165, 1.54) is 18.1 Å². The zero-order valence-electron chi connectivity index (χ0n) is 24.1. The largest absolute Gasteiger partial charge is 0.348 e. The van der Waals surface area contributed by atoms with Crippen LogP contribution in [0.3, 0.4) is 0 Å². The van der Waals surface area contributed by atoms with Crippen molar-refractivity contribution in [2.75, 3.05) is 39.8 Å². The van der Waals surface area contributed by atoms with Crippen LogP contribution in [0.5, 0.6) is 0 Å². The predicted octanol–water partition coefficient (Wildman–Crippen LogP) is 3.05. The highest BCUT2D eigenvalue weighted by Crippen LogP contribution is 2.50. The van der Waals surface area contributed by atoms with Crippen molar-refractivity contribution in [2.24, 2.45) is 5.92 Å². The number of nitrogens with zero attached hydrogens (tertiary/aromatic N) is 4. The molecule has 0 aromatic heterocycles.